The molecule has 0 bridgehead atoms. The van der Waals surface area contributed by atoms with Gasteiger partial charge < -0.3 is 4.90 Å². The molecular weight excluding hydrogens is 324 g/mol. The van der Waals surface area contributed by atoms with Crippen LogP contribution < -0.4 is 0 Å². The summed E-state index contributed by atoms with van der Waals surface area (Å²) < 4.78 is 0. The lowest BCUT2D eigenvalue weighted by Gasteiger charge is -2.25. The van der Waals surface area contributed by atoms with Crippen LogP contribution in [-0.2, 0) is 11.2 Å². The third-order valence-corrected chi connectivity index (χ3v) is 5.37. The average molecular weight is 342 g/mol. The first kappa shape index (κ1) is 16.5. The third kappa shape index (κ3) is 3.43. The Kier molecular flexibility index (Phi) is 4.85. The Hall–Kier alpha value is -2.34. The van der Waals surface area contributed by atoms with E-state index >= 15 is 0 Å². The lowest BCUT2D eigenvalue weighted by Crippen LogP contribution is -2.31. The number of carbonyl (C=O) groups excluding carboxylic acids is 1. The molecule has 0 aromatic heterocycles. The zero-order valence-corrected chi connectivity index (χ0v) is 14.2. The van der Waals surface area contributed by atoms with Gasteiger partial charge in [-0.2, -0.15) is 0 Å². The standard InChI is InChI=1S/C18H18N2O3S/c1-19(17-11-6-13-4-2-3-5-16(13)17)18(21)12-24-15-9-7-14(8-10-15)20(22)23/h2-5,7-10,17H,6,11-12H2,1H3. The van der Waals surface area contributed by atoms with Crippen molar-refractivity contribution in [3.8, 4) is 0 Å². The number of hydrogen-bond acceptors (Lipinski definition) is 4. The minimum Gasteiger partial charge on any atom is -0.338 e. The molecule has 6 heteroatoms. The van der Waals surface area contributed by atoms with Crippen LogP contribution in [0.25, 0.3) is 0 Å². The first-order valence-corrected chi connectivity index (χ1v) is 8.75. The number of non-ortho nitro benzene ring substituents is 1. The molecule has 2 aromatic rings. The summed E-state index contributed by atoms with van der Waals surface area (Å²) in [5, 5.41) is 10.7. The Morgan fingerprint density at radius 1 is 1.25 bits per heavy atom. The Balaban J connectivity index is 1.60. The van der Waals surface area contributed by atoms with E-state index in [1.807, 2.05) is 24.1 Å². The van der Waals surface area contributed by atoms with E-state index in [9.17, 15) is 14.9 Å². The lowest BCUT2D eigenvalue weighted by atomic mass is 10.1. The number of nitro groups is 1. The molecule has 1 unspecified atom stereocenters. The Bertz CT molecular complexity index is 761. The number of nitrogens with zero attached hydrogens (tertiary/aromatic N) is 2. The second kappa shape index (κ2) is 7.05. The number of rotatable bonds is 5. The number of nitro benzene ring substituents is 1. The summed E-state index contributed by atoms with van der Waals surface area (Å²) in [7, 11) is 1.85. The van der Waals surface area contributed by atoms with Crippen molar-refractivity contribution in [3.63, 3.8) is 0 Å². The first-order chi connectivity index (χ1) is 11.6. The van der Waals surface area contributed by atoms with Gasteiger partial charge in [0.15, 0.2) is 0 Å². The summed E-state index contributed by atoms with van der Waals surface area (Å²) in [6.45, 7) is 0. The SMILES string of the molecule is CN(C(=O)CSc1ccc([N+](=O)[O-])cc1)C1CCc2ccccc21. The predicted molar refractivity (Wildman–Crippen MR) is 94.1 cm³/mol. The molecule has 1 amide bonds. The van der Waals surface area contributed by atoms with Crippen LogP contribution >= 0.6 is 11.8 Å². The van der Waals surface area contributed by atoms with Gasteiger partial charge in [0, 0.05) is 24.1 Å². The fourth-order valence-electron chi connectivity index (χ4n) is 3.02. The highest BCUT2D eigenvalue weighted by atomic mass is 32.2. The van der Waals surface area contributed by atoms with Gasteiger partial charge in [0.1, 0.15) is 0 Å². The van der Waals surface area contributed by atoms with Crippen molar-refractivity contribution in [2.75, 3.05) is 12.8 Å². The van der Waals surface area contributed by atoms with E-state index in [-0.39, 0.29) is 17.6 Å². The molecule has 124 valence electrons. The smallest absolute Gasteiger partial charge is 0.269 e. The maximum atomic E-state index is 12.5. The zero-order valence-electron chi connectivity index (χ0n) is 13.3. The number of benzene rings is 2. The van der Waals surface area contributed by atoms with Gasteiger partial charge in [-0.15, -0.1) is 11.8 Å². The minimum atomic E-state index is -0.426. The predicted octanol–water partition coefficient (Wildman–Crippen LogP) is 3.83. The van der Waals surface area contributed by atoms with Crippen LogP contribution in [0.4, 0.5) is 5.69 Å². The largest absolute Gasteiger partial charge is 0.338 e. The number of fused-ring (bicyclic) bond motifs is 1. The summed E-state index contributed by atoms with van der Waals surface area (Å²) >= 11 is 1.40. The maximum Gasteiger partial charge on any atom is 0.269 e. The molecule has 0 saturated carbocycles. The monoisotopic (exact) mass is 342 g/mol. The number of amides is 1. The molecular formula is C18H18N2O3S. The van der Waals surface area contributed by atoms with Crippen molar-refractivity contribution in [1.82, 2.24) is 4.90 Å². The van der Waals surface area contributed by atoms with Crippen LogP contribution in [0.2, 0.25) is 0 Å². The second-order valence-corrected chi connectivity index (χ2v) is 6.85. The molecule has 5 nitrogen and oxygen atoms in total. The van der Waals surface area contributed by atoms with E-state index < -0.39 is 4.92 Å². The van der Waals surface area contributed by atoms with Gasteiger partial charge in [-0.25, -0.2) is 0 Å². The van der Waals surface area contributed by atoms with E-state index in [0.29, 0.717) is 5.75 Å². The zero-order chi connectivity index (χ0) is 17.1. The van der Waals surface area contributed by atoms with Crippen LogP contribution in [-0.4, -0.2) is 28.5 Å². The van der Waals surface area contributed by atoms with E-state index in [2.05, 4.69) is 12.1 Å². The van der Waals surface area contributed by atoms with Gasteiger partial charge in [0.05, 0.1) is 16.7 Å². The number of thioether (sulfide) groups is 1. The molecule has 0 fully saturated rings. The van der Waals surface area contributed by atoms with Crippen molar-refractivity contribution >= 4 is 23.4 Å². The maximum absolute atomic E-state index is 12.5. The molecule has 0 spiro atoms. The summed E-state index contributed by atoms with van der Waals surface area (Å²) in [4.78, 5) is 25.4. The number of aryl methyl sites for hydroxylation is 1. The molecule has 0 saturated heterocycles. The van der Waals surface area contributed by atoms with Gasteiger partial charge >= 0.3 is 0 Å². The topological polar surface area (TPSA) is 63.5 Å². The van der Waals surface area contributed by atoms with Gasteiger partial charge in [0.2, 0.25) is 5.91 Å². The number of carbonyl (C=O) groups is 1. The van der Waals surface area contributed by atoms with Crippen LogP contribution in [0.5, 0.6) is 0 Å². The van der Waals surface area contributed by atoms with Crippen molar-refractivity contribution in [3.05, 3.63) is 69.8 Å². The highest BCUT2D eigenvalue weighted by Crippen LogP contribution is 2.35. The molecule has 1 atom stereocenters. The Morgan fingerprint density at radius 2 is 1.96 bits per heavy atom. The van der Waals surface area contributed by atoms with Gasteiger partial charge in [-0.1, -0.05) is 24.3 Å². The molecule has 0 N–H and O–H groups in total. The van der Waals surface area contributed by atoms with Gasteiger partial charge in [0.25, 0.3) is 5.69 Å². The lowest BCUT2D eigenvalue weighted by molar-refractivity contribution is -0.384. The minimum absolute atomic E-state index is 0.0605. The van der Waals surface area contributed by atoms with E-state index in [1.54, 1.807) is 12.1 Å². The number of hydrogen-bond donors (Lipinski definition) is 0. The summed E-state index contributed by atoms with van der Waals surface area (Å²) in [6, 6.07) is 14.7. The van der Waals surface area contributed by atoms with Crippen LogP contribution in [0.1, 0.15) is 23.6 Å². The van der Waals surface area contributed by atoms with E-state index in [1.165, 1.54) is 35.0 Å². The molecule has 2 aromatic carbocycles. The molecule has 1 aliphatic rings. The van der Waals surface area contributed by atoms with Crippen molar-refractivity contribution < 1.29 is 9.72 Å². The highest BCUT2D eigenvalue weighted by molar-refractivity contribution is 8.00. The fraction of sp³-hybridized carbons (Fsp3) is 0.278. The molecule has 0 aliphatic heterocycles. The third-order valence-electron chi connectivity index (χ3n) is 4.37. The quantitative estimate of drug-likeness (QED) is 0.470. The Labute approximate surface area is 144 Å². The summed E-state index contributed by atoms with van der Waals surface area (Å²) in [6.07, 6.45) is 1.97. The molecule has 24 heavy (non-hydrogen) atoms. The van der Waals surface area contributed by atoms with E-state index in [4.69, 9.17) is 0 Å². The molecule has 1 aliphatic carbocycles. The average Bonchev–Trinajstić information content (AvgIpc) is 3.03. The van der Waals surface area contributed by atoms with Crippen LogP contribution in [0.15, 0.2) is 53.4 Å². The molecule has 3 rings (SSSR count). The second-order valence-electron chi connectivity index (χ2n) is 5.80. The van der Waals surface area contributed by atoms with Crippen molar-refractivity contribution in [2.45, 2.75) is 23.8 Å². The first-order valence-electron chi connectivity index (χ1n) is 7.77. The van der Waals surface area contributed by atoms with Crippen LogP contribution in [0, 0.1) is 10.1 Å². The summed E-state index contributed by atoms with van der Waals surface area (Å²) in [5.74, 6) is 0.396. The van der Waals surface area contributed by atoms with E-state index in [0.717, 1.165) is 17.7 Å². The molecule has 0 heterocycles. The van der Waals surface area contributed by atoms with Gasteiger partial charge in [-0.3, -0.25) is 14.9 Å². The summed E-state index contributed by atoms with van der Waals surface area (Å²) in [5.41, 5.74) is 2.63. The normalized spacial score (nSPS) is 15.8. The fourth-order valence-corrected chi connectivity index (χ4v) is 3.84. The Morgan fingerprint density at radius 3 is 2.67 bits per heavy atom. The highest BCUT2D eigenvalue weighted by Gasteiger charge is 2.28. The van der Waals surface area contributed by atoms with Crippen molar-refractivity contribution in [2.24, 2.45) is 0 Å². The van der Waals surface area contributed by atoms with Gasteiger partial charge in [-0.05, 0) is 36.1 Å². The van der Waals surface area contributed by atoms with Crippen LogP contribution in [0.3, 0.4) is 0 Å². The molecule has 0 radical (unpaired) electrons. The van der Waals surface area contributed by atoms with Crippen molar-refractivity contribution in [1.29, 1.82) is 0 Å².